The monoisotopic (exact) mass is 584 g/mol. The van der Waals surface area contributed by atoms with E-state index in [2.05, 4.69) is 0 Å². The van der Waals surface area contributed by atoms with Crippen LogP contribution >= 0.6 is 0 Å². The summed E-state index contributed by atoms with van der Waals surface area (Å²) in [6, 6.07) is 3.82. The van der Waals surface area contributed by atoms with E-state index in [1.54, 1.807) is 0 Å². The van der Waals surface area contributed by atoms with Gasteiger partial charge in [0.2, 0.25) is 6.29 Å². The maximum Gasteiger partial charge on any atom is 0.337 e. The summed E-state index contributed by atoms with van der Waals surface area (Å²) in [5.41, 5.74) is 0.191. The van der Waals surface area contributed by atoms with Gasteiger partial charge in [-0.15, -0.1) is 0 Å². The van der Waals surface area contributed by atoms with Crippen molar-refractivity contribution in [1.29, 1.82) is 0 Å². The SMILES string of the molecule is COC(=O)C1=COC(OC2OC(CO)C(O)C(O)C2O)C2C(CO)C(O)C(OC(=O)C=Cc3ccc(O)c(O)c3)C12. The first-order valence-corrected chi connectivity index (χ1v) is 12.6. The van der Waals surface area contributed by atoms with E-state index in [4.69, 9.17) is 23.7 Å². The topological polar surface area (TPSA) is 242 Å². The van der Waals surface area contributed by atoms with E-state index < -0.39 is 97.9 Å². The largest absolute Gasteiger partial charge is 0.504 e. The Hall–Kier alpha value is -3.28. The number of rotatable bonds is 8. The van der Waals surface area contributed by atoms with E-state index in [1.807, 2.05) is 0 Å². The minimum atomic E-state index is -1.79. The molecule has 1 aromatic carbocycles. The van der Waals surface area contributed by atoms with Crippen LogP contribution in [0.1, 0.15) is 5.56 Å². The van der Waals surface area contributed by atoms with Crippen molar-refractivity contribution in [1.82, 2.24) is 0 Å². The Labute approximate surface area is 233 Å². The van der Waals surface area contributed by atoms with Gasteiger partial charge in [-0.1, -0.05) is 6.07 Å². The van der Waals surface area contributed by atoms with E-state index in [-0.39, 0.29) is 11.3 Å². The summed E-state index contributed by atoms with van der Waals surface area (Å²) in [7, 11) is 1.10. The molecule has 0 bridgehead atoms. The van der Waals surface area contributed by atoms with Gasteiger partial charge in [0.15, 0.2) is 17.8 Å². The number of fused-ring (bicyclic) bond motifs is 1. The third-order valence-electron chi connectivity index (χ3n) is 7.45. The van der Waals surface area contributed by atoms with Crippen molar-refractivity contribution < 1.29 is 74.1 Å². The summed E-state index contributed by atoms with van der Waals surface area (Å²) < 4.78 is 27.0. The quantitative estimate of drug-likeness (QED) is 0.0892. The first-order chi connectivity index (χ1) is 19.5. The fraction of sp³-hybridized carbons (Fsp3) is 0.538. The molecule has 2 aliphatic heterocycles. The second-order valence-electron chi connectivity index (χ2n) is 9.83. The van der Waals surface area contributed by atoms with Crippen LogP contribution in [0, 0.1) is 17.8 Å². The number of carbonyl (C=O) groups is 2. The fourth-order valence-corrected chi connectivity index (χ4v) is 5.33. The Morgan fingerprint density at radius 3 is 2.32 bits per heavy atom. The minimum Gasteiger partial charge on any atom is -0.504 e. The molecule has 1 aromatic rings. The number of esters is 2. The van der Waals surface area contributed by atoms with E-state index in [0.29, 0.717) is 5.56 Å². The predicted octanol–water partition coefficient (Wildman–Crippen LogP) is -2.53. The predicted molar refractivity (Wildman–Crippen MR) is 132 cm³/mol. The number of phenols is 2. The molecule has 3 aliphatic rings. The van der Waals surface area contributed by atoms with E-state index in [9.17, 15) is 50.4 Å². The van der Waals surface area contributed by atoms with Gasteiger partial charge in [-0.05, 0) is 23.8 Å². The number of aliphatic hydroxyl groups excluding tert-OH is 6. The van der Waals surface area contributed by atoms with Crippen LogP contribution in [0.3, 0.4) is 0 Å². The highest BCUT2D eigenvalue weighted by atomic mass is 16.8. The summed E-state index contributed by atoms with van der Waals surface area (Å²) in [6.45, 7) is -1.40. The molecule has 2 heterocycles. The average Bonchev–Trinajstić information content (AvgIpc) is 3.24. The van der Waals surface area contributed by atoms with Crippen molar-refractivity contribution in [2.24, 2.45) is 17.8 Å². The van der Waals surface area contributed by atoms with E-state index >= 15 is 0 Å². The summed E-state index contributed by atoms with van der Waals surface area (Å²) in [5.74, 6) is -5.94. The fourth-order valence-electron chi connectivity index (χ4n) is 5.33. The molecule has 8 N–H and O–H groups in total. The van der Waals surface area contributed by atoms with Crippen molar-refractivity contribution in [3.63, 3.8) is 0 Å². The number of benzene rings is 1. The summed E-state index contributed by atoms with van der Waals surface area (Å²) in [5, 5.41) is 80.4. The third kappa shape index (κ3) is 6.02. The smallest absolute Gasteiger partial charge is 0.337 e. The van der Waals surface area contributed by atoms with Gasteiger partial charge in [0, 0.05) is 30.4 Å². The molecule has 41 heavy (non-hydrogen) atoms. The van der Waals surface area contributed by atoms with Crippen LogP contribution in [0.5, 0.6) is 11.5 Å². The number of carbonyl (C=O) groups excluding carboxylic acids is 2. The zero-order valence-electron chi connectivity index (χ0n) is 21.7. The minimum absolute atomic E-state index is 0.147. The number of hydrogen-bond donors (Lipinski definition) is 8. The molecule has 15 nitrogen and oxygen atoms in total. The van der Waals surface area contributed by atoms with Crippen molar-refractivity contribution in [2.45, 2.75) is 49.2 Å². The maximum absolute atomic E-state index is 12.7. The van der Waals surface area contributed by atoms with Gasteiger partial charge in [-0.25, -0.2) is 9.59 Å². The lowest BCUT2D eigenvalue weighted by molar-refractivity contribution is -0.343. The van der Waals surface area contributed by atoms with Gasteiger partial charge in [0.05, 0.1) is 31.7 Å². The number of phenolic OH excluding ortho intramolecular Hbond substituents is 2. The average molecular weight is 585 g/mol. The second-order valence-corrected chi connectivity index (χ2v) is 9.83. The van der Waals surface area contributed by atoms with Crippen LogP contribution in [0.2, 0.25) is 0 Å². The highest BCUT2D eigenvalue weighted by Crippen LogP contribution is 2.49. The van der Waals surface area contributed by atoms with Gasteiger partial charge in [-0.3, -0.25) is 0 Å². The van der Waals surface area contributed by atoms with Crippen LogP contribution in [0.25, 0.3) is 6.08 Å². The maximum atomic E-state index is 12.7. The van der Waals surface area contributed by atoms with E-state index in [0.717, 1.165) is 19.4 Å². The molecule has 0 aromatic heterocycles. The van der Waals surface area contributed by atoms with Crippen molar-refractivity contribution in [3.8, 4) is 11.5 Å². The third-order valence-corrected chi connectivity index (χ3v) is 7.45. The molecule has 0 radical (unpaired) electrons. The Morgan fingerprint density at radius 2 is 1.68 bits per heavy atom. The van der Waals surface area contributed by atoms with Crippen molar-refractivity contribution in [3.05, 3.63) is 41.7 Å². The second kappa shape index (κ2) is 12.7. The van der Waals surface area contributed by atoms with Crippen molar-refractivity contribution >= 4 is 18.0 Å². The van der Waals surface area contributed by atoms with Gasteiger partial charge in [0.25, 0.3) is 0 Å². The summed E-state index contributed by atoms with van der Waals surface area (Å²) >= 11 is 0. The van der Waals surface area contributed by atoms with Gasteiger partial charge in [0.1, 0.15) is 30.5 Å². The Bertz CT molecular complexity index is 1170. The molecule has 15 heteroatoms. The van der Waals surface area contributed by atoms with Crippen LogP contribution in [-0.4, -0.2) is 122 Å². The molecule has 0 amide bonds. The zero-order valence-corrected chi connectivity index (χ0v) is 21.7. The standard InChI is InChI=1S/C26H32O15/c1-37-24(36)12-9-38-25(41-26-22(35)21(34)20(33)15(8-28)39-26)18-11(7-27)19(32)23(17(12)18)40-16(31)5-3-10-2-4-13(29)14(30)6-10/h2-6,9,11,15,17-23,25-30,32-35H,7-8H2,1H3. The lowest BCUT2D eigenvalue weighted by Gasteiger charge is -2.43. The molecule has 0 spiro atoms. The molecule has 1 saturated carbocycles. The highest BCUT2D eigenvalue weighted by Gasteiger charge is 2.60. The van der Waals surface area contributed by atoms with Crippen LogP contribution in [-0.2, 0) is 33.3 Å². The molecule has 1 aliphatic carbocycles. The number of ether oxygens (including phenoxy) is 5. The molecule has 4 rings (SSSR count). The summed E-state index contributed by atoms with van der Waals surface area (Å²) in [4.78, 5) is 25.4. The lowest BCUT2D eigenvalue weighted by Crippen LogP contribution is -2.60. The number of aromatic hydroxyl groups is 2. The molecule has 1 saturated heterocycles. The number of methoxy groups -OCH3 is 1. The number of hydrogen-bond acceptors (Lipinski definition) is 15. The lowest BCUT2D eigenvalue weighted by atomic mass is 9.82. The van der Waals surface area contributed by atoms with Gasteiger partial charge in [-0.2, -0.15) is 0 Å². The zero-order chi connectivity index (χ0) is 30.0. The molecule has 11 unspecified atom stereocenters. The van der Waals surface area contributed by atoms with E-state index in [1.165, 1.54) is 24.3 Å². The Balaban J connectivity index is 1.60. The molecule has 2 fully saturated rings. The molecular formula is C26H32O15. The first kappa shape index (κ1) is 30.7. The Morgan fingerprint density at radius 1 is 0.951 bits per heavy atom. The van der Waals surface area contributed by atoms with Crippen LogP contribution in [0.4, 0.5) is 0 Å². The highest BCUT2D eigenvalue weighted by molar-refractivity contribution is 5.90. The normalized spacial score (nSPS) is 36.8. The summed E-state index contributed by atoms with van der Waals surface area (Å²) in [6.07, 6.45) is -9.32. The van der Waals surface area contributed by atoms with Gasteiger partial charge < -0.3 is 64.5 Å². The molecular weight excluding hydrogens is 552 g/mol. The Kier molecular flexibility index (Phi) is 9.51. The van der Waals surface area contributed by atoms with Crippen LogP contribution in [0.15, 0.2) is 36.1 Å². The van der Waals surface area contributed by atoms with Crippen molar-refractivity contribution in [2.75, 3.05) is 20.3 Å². The number of aliphatic hydroxyl groups is 6. The molecule has 11 atom stereocenters. The molecule has 226 valence electrons. The van der Waals surface area contributed by atoms with Crippen LogP contribution < -0.4 is 0 Å². The first-order valence-electron chi connectivity index (χ1n) is 12.6. The van der Waals surface area contributed by atoms with Gasteiger partial charge >= 0.3 is 11.9 Å².